The van der Waals surface area contributed by atoms with Crippen LogP contribution in [-0.2, 0) is 4.79 Å². The molecule has 0 bridgehead atoms. The van der Waals surface area contributed by atoms with E-state index in [1.54, 1.807) is 6.20 Å². The van der Waals surface area contributed by atoms with E-state index in [-0.39, 0.29) is 11.4 Å². The maximum Gasteiger partial charge on any atom is 0.226 e. The first-order valence-corrected chi connectivity index (χ1v) is 6.78. The molecule has 0 unspecified atom stereocenters. The van der Waals surface area contributed by atoms with Gasteiger partial charge in [0.15, 0.2) is 0 Å². The van der Waals surface area contributed by atoms with Gasteiger partial charge in [0.1, 0.15) is 5.00 Å². The van der Waals surface area contributed by atoms with Gasteiger partial charge < -0.3 is 10.6 Å². The Bertz CT molecular complexity index is 360. The van der Waals surface area contributed by atoms with E-state index in [0.29, 0.717) is 6.42 Å². The highest BCUT2D eigenvalue weighted by Gasteiger charge is 2.32. The van der Waals surface area contributed by atoms with Crippen molar-refractivity contribution in [2.75, 3.05) is 12.4 Å². The Hall–Kier alpha value is -1.01. The van der Waals surface area contributed by atoms with Gasteiger partial charge in [-0.15, -0.1) is 5.10 Å². The van der Waals surface area contributed by atoms with Gasteiger partial charge in [-0.2, -0.15) is 0 Å². The zero-order chi connectivity index (χ0) is 12.1. The van der Waals surface area contributed by atoms with Gasteiger partial charge in [0, 0.05) is 23.5 Å². The first-order chi connectivity index (χ1) is 8.24. The quantitative estimate of drug-likeness (QED) is 0.859. The average Bonchev–Trinajstić information content (AvgIpc) is 2.83. The minimum atomic E-state index is -0.0134. The molecule has 1 aliphatic rings. The van der Waals surface area contributed by atoms with Gasteiger partial charge in [0.25, 0.3) is 0 Å². The molecule has 0 saturated heterocycles. The van der Waals surface area contributed by atoms with Crippen LogP contribution in [0.1, 0.15) is 38.5 Å². The number of aromatic nitrogens is 2. The van der Waals surface area contributed by atoms with Crippen molar-refractivity contribution in [1.82, 2.24) is 14.9 Å². The summed E-state index contributed by atoms with van der Waals surface area (Å²) >= 11 is 1.21. The van der Waals surface area contributed by atoms with Crippen molar-refractivity contribution in [3.05, 3.63) is 6.20 Å². The lowest BCUT2D eigenvalue weighted by atomic mass is 9.79. The van der Waals surface area contributed by atoms with Crippen LogP contribution in [0.25, 0.3) is 0 Å². The lowest BCUT2D eigenvalue weighted by Crippen LogP contribution is -2.47. The minimum absolute atomic E-state index is 0.0134. The summed E-state index contributed by atoms with van der Waals surface area (Å²) in [4.78, 5) is 11.9. The summed E-state index contributed by atoms with van der Waals surface area (Å²) < 4.78 is 3.72. The van der Waals surface area contributed by atoms with Gasteiger partial charge in [-0.1, -0.05) is 23.8 Å². The molecule has 1 fully saturated rings. The van der Waals surface area contributed by atoms with Crippen LogP contribution in [0.5, 0.6) is 0 Å². The molecule has 17 heavy (non-hydrogen) atoms. The number of nitrogens with one attached hydrogen (secondary N) is 2. The Labute approximate surface area is 105 Å². The number of rotatable bonds is 4. The number of hydrogen-bond donors (Lipinski definition) is 2. The van der Waals surface area contributed by atoms with E-state index in [1.165, 1.54) is 30.8 Å². The van der Waals surface area contributed by atoms with E-state index in [0.717, 1.165) is 17.8 Å². The third-order valence-electron chi connectivity index (χ3n) is 3.46. The summed E-state index contributed by atoms with van der Waals surface area (Å²) in [7, 11) is 1.95. The van der Waals surface area contributed by atoms with E-state index >= 15 is 0 Å². The van der Waals surface area contributed by atoms with Gasteiger partial charge in [0.05, 0.1) is 6.20 Å². The Balaban J connectivity index is 1.91. The highest BCUT2D eigenvalue weighted by Crippen LogP contribution is 2.31. The summed E-state index contributed by atoms with van der Waals surface area (Å²) in [6.07, 6.45) is 7.96. The van der Waals surface area contributed by atoms with Crippen molar-refractivity contribution >= 4 is 22.4 Å². The highest BCUT2D eigenvalue weighted by atomic mass is 32.1. The van der Waals surface area contributed by atoms with Crippen LogP contribution in [0.3, 0.4) is 0 Å². The molecule has 0 aromatic carbocycles. The van der Waals surface area contributed by atoms with E-state index in [4.69, 9.17) is 0 Å². The number of amides is 1. The van der Waals surface area contributed by atoms with E-state index in [1.807, 2.05) is 7.05 Å². The van der Waals surface area contributed by atoms with Crippen molar-refractivity contribution in [3.63, 3.8) is 0 Å². The fourth-order valence-corrected chi connectivity index (χ4v) is 2.89. The Morgan fingerprint density at radius 2 is 2.24 bits per heavy atom. The molecule has 1 saturated carbocycles. The summed E-state index contributed by atoms with van der Waals surface area (Å²) in [5.74, 6) is 0.0484. The smallest absolute Gasteiger partial charge is 0.226 e. The van der Waals surface area contributed by atoms with Crippen LogP contribution in [0.15, 0.2) is 6.20 Å². The number of nitrogens with zero attached hydrogens (tertiary/aromatic N) is 2. The number of anilines is 1. The monoisotopic (exact) mass is 254 g/mol. The number of carbonyl (C=O) groups excluding carboxylic acids is 1. The van der Waals surface area contributed by atoms with E-state index < -0.39 is 0 Å². The molecule has 2 N–H and O–H groups in total. The number of hydrogen-bond acceptors (Lipinski definition) is 5. The summed E-state index contributed by atoms with van der Waals surface area (Å²) in [5, 5.41) is 10.6. The van der Waals surface area contributed by atoms with Crippen LogP contribution in [0.4, 0.5) is 5.00 Å². The molecule has 1 heterocycles. The molecule has 1 aromatic heterocycles. The van der Waals surface area contributed by atoms with Crippen LogP contribution in [0, 0.1) is 0 Å². The lowest BCUT2D eigenvalue weighted by Gasteiger charge is -2.36. The van der Waals surface area contributed by atoms with Crippen molar-refractivity contribution in [3.8, 4) is 0 Å². The SMILES string of the molecule is CNC1(CC(=O)Nc2cnns2)CCCCC1. The zero-order valence-electron chi connectivity index (χ0n) is 10.0. The van der Waals surface area contributed by atoms with Crippen LogP contribution in [0.2, 0.25) is 0 Å². The highest BCUT2D eigenvalue weighted by molar-refractivity contribution is 7.10. The van der Waals surface area contributed by atoms with Crippen molar-refractivity contribution in [2.45, 2.75) is 44.1 Å². The fourth-order valence-electron chi connectivity index (χ4n) is 2.45. The molecule has 0 spiro atoms. The molecule has 1 amide bonds. The normalized spacial score (nSPS) is 18.9. The second kappa shape index (κ2) is 5.55. The molecule has 1 aromatic rings. The Morgan fingerprint density at radius 3 is 2.82 bits per heavy atom. The maximum absolute atomic E-state index is 11.9. The molecule has 94 valence electrons. The molecule has 0 aliphatic heterocycles. The fraction of sp³-hybridized carbons (Fsp3) is 0.727. The molecular weight excluding hydrogens is 236 g/mol. The second-order valence-electron chi connectivity index (χ2n) is 4.60. The molecule has 0 radical (unpaired) electrons. The van der Waals surface area contributed by atoms with Crippen molar-refractivity contribution in [1.29, 1.82) is 0 Å². The van der Waals surface area contributed by atoms with Crippen LogP contribution >= 0.6 is 11.5 Å². The second-order valence-corrected chi connectivity index (χ2v) is 5.38. The van der Waals surface area contributed by atoms with Gasteiger partial charge >= 0.3 is 0 Å². The van der Waals surface area contributed by atoms with Crippen molar-refractivity contribution < 1.29 is 4.79 Å². The molecular formula is C11H18N4OS. The predicted molar refractivity (Wildman–Crippen MR) is 68.0 cm³/mol. The average molecular weight is 254 g/mol. The van der Waals surface area contributed by atoms with E-state index in [9.17, 15) is 4.79 Å². The van der Waals surface area contributed by atoms with Crippen LogP contribution < -0.4 is 10.6 Å². The maximum atomic E-state index is 11.9. The Kier molecular flexibility index (Phi) is 4.06. The third-order valence-corrected chi connectivity index (χ3v) is 4.04. The predicted octanol–water partition coefficient (Wildman–Crippen LogP) is 1.79. The largest absolute Gasteiger partial charge is 0.315 e. The minimum Gasteiger partial charge on any atom is -0.315 e. The number of carbonyl (C=O) groups is 1. The zero-order valence-corrected chi connectivity index (χ0v) is 10.8. The first kappa shape index (κ1) is 12.4. The molecule has 1 aliphatic carbocycles. The molecule has 2 rings (SSSR count). The topological polar surface area (TPSA) is 66.9 Å². The van der Waals surface area contributed by atoms with Gasteiger partial charge in [-0.05, 0) is 19.9 Å². The molecule has 0 atom stereocenters. The molecule has 5 nitrogen and oxygen atoms in total. The van der Waals surface area contributed by atoms with Crippen LogP contribution in [-0.4, -0.2) is 28.1 Å². The van der Waals surface area contributed by atoms with Gasteiger partial charge in [-0.25, -0.2) is 0 Å². The summed E-state index contributed by atoms with van der Waals surface area (Å²) in [6.45, 7) is 0. The first-order valence-electron chi connectivity index (χ1n) is 6.00. The van der Waals surface area contributed by atoms with Crippen molar-refractivity contribution in [2.24, 2.45) is 0 Å². The molecule has 6 heteroatoms. The summed E-state index contributed by atoms with van der Waals surface area (Å²) in [5.41, 5.74) is -0.0134. The summed E-state index contributed by atoms with van der Waals surface area (Å²) in [6, 6.07) is 0. The van der Waals surface area contributed by atoms with E-state index in [2.05, 4.69) is 20.2 Å². The Morgan fingerprint density at radius 1 is 1.47 bits per heavy atom. The third kappa shape index (κ3) is 3.23. The van der Waals surface area contributed by atoms with Gasteiger partial charge in [0.2, 0.25) is 5.91 Å². The van der Waals surface area contributed by atoms with Gasteiger partial charge in [-0.3, -0.25) is 4.79 Å². The standard InChI is InChI=1S/C11H18N4OS/c1-12-11(5-3-2-4-6-11)7-9(16)14-10-8-13-15-17-10/h8,12H,2-7H2,1H3,(H,14,16). The lowest BCUT2D eigenvalue weighted by molar-refractivity contribution is -0.117.